The van der Waals surface area contributed by atoms with Crippen molar-refractivity contribution in [2.45, 2.75) is 118 Å². The van der Waals surface area contributed by atoms with E-state index in [9.17, 15) is 5.11 Å². The Bertz CT molecular complexity index is 3750. The molecule has 0 spiro atoms. The molecule has 364 valence electrons. The summed E-state index contributed by atoms with van der Waals surface area (Å²) in [5.41, 5.74) is 9.41. The number of hydrogen-bond donors (Lipinski definition) is 1. The molecule has 7 aromatic carbocycles. The van der Waals surface area contributed by atoms with Crippen molar-refractivity contribution < 1.29 is 41.3 Å². The van der Waals surface area contributed by atoms with Gasteiger partial charge in [0.25, 0.3) is 0 Å². The summed E-state index contributed by atoms with van der Waals surface area (Å²) in [4.78, 5) is 10.4. The Morgan fingerprint density at radius 1 is 0.563 bits per heavy atom. The molecular weight excluding hydrogens is 1050 g/mol. The Morgan fingerprint density at radius 2 is 1.18 bits per heavy atom. The Labute approximate surface area is 453 Å². The molecule has 9 rings (SSSR count). The smallest absolute Gasteiger partial charge is 0.148 e. The van der Waals surface area contributed by atoms with Gasteiger partial charge in [0.1, 0.15) is 11.6 Å². The summed E-state index contributed by atoms with van der Waals surface area (Å²) in [6.07, 6.45) is 1.64. The third-order valence-corrected chi connectivity index (χ3v) is 13.2. The second-order valence-corrected chi connectivity index (χ2v) is 21.0. The number of aromatic nitrogens is 3. The van der Waals surface area contributed by atoms with Crippen molar-refractivity contribution in [2.24, 2.45) is 0 Å². The van der Waals surface area contributed by atoms with Crippen molar-refractivity contribution in [1.82, 2.24) is 14.5 Å². The summed E-state index contributed by atoms with van der Waals surface area (Å²) in [5.74, 6) is -1.25. The molecule has 0 saturated carbocycles. The molecule has 0 atom stereocenters. The van der Waals surface area contributed by atoms with Crippen molar-refractivity contribution in [3.63, 3.8) is 0 Å². The number of benzene rings is 7. The van der Waals surface area contributed by atoms with E-state index in [1.807, 2.05) is 137 Å². The van der Waals surface area contributed by atoms with E-state index in [2.05, 4.69) is 64.3 Å². The van der Waals surface area contributed by atoms with Gasteiger partial charge in [-0.3, -0.25) is 9.55 Å². The zero-order chi connectivity index (χ0) is 59.2. The molecule has 2 heterocycles. The topological polar surface area (TPSA) is 50.9 Å². The number of phenols is 1. The first-order valence-electron chi connectivity index (χ1n) is 29.4. The molecule has 0 fully saturated rings. The summed E-state index contributed by atoms with van der Waals surface area (Å²) >= 11 is 0. The Kier molecular flexibility index (Phi) is 10.6. The summed E-state index contributed by atoms with van der Waals surface area (Å²) in [5, 5.41) is 12.6. The average Bonchev–Trinajstić information content (AvgIpc) is 1.46. The SMILES string of the molecule is [2H]C(C)(C)c1cccc(C([2H])(C)C)c1-c1ccc(-n2c(-c3cc(C(C)(C)C)cc(C(C)(C)C)c3O)nc3c(-c4[c-]c(-c5cc(-c6ccc(C(C([2H])([2H])[2H])(C([2H])([2H])[2H])C([2H])([2H])[2H])cc6)ccn5)cc(-c5ccccc5)c4)cccc32)cc1.[Pt]. The van der Waals surface area contributed by atoms with Crippen LogP contribution in [0, 0.1) is 6.07 Å². The van der Waals surface area contributed by atoms with Crippen LogP contribution in [0.1, 0.15) is 144 Å². The van der Waals surface area contributed by atoms with E-state index in [0.29, 0.717) is 44.9 Å². The Balaban J connectivity index is 0.00000880. The van der Waals surface area contributed by atoms with E-state index in [0.717, 1.165) is 61.3 Å². The van der Waals surface area contributed by atoms with E-state index in [4.69, 9.17) is 25.0 Å². The van der Waals surface area contributed by atoms with Gasteiger partial charge in [-0.25, -0.2) is 4.98 Å². The minimum absolute atomic E-state index is 0. The summed E-state index contributed by atoms with van der Waals surface area (Å²) in [7, 11) is 0. The maximum Gasteiger partial charge on any atom is 0.148 e. The number of phenolic OH excluding ortho intramolecular Hbond substituents is 1. The van der Waals surface area contributed by atoms with Gasteiger partial charge in [0.15, 0.2) is 0 Å². The molecule has 0 aliphatic carbocycles. The first kappa shape index (κ1) is 38.3. The molecule has 71 heavy (non-hydrogen) atoms. The number of imidazole rings is 1. The zero-order valence-corrected chi connectivity index (χ0v) is 44.4. The number of nitrogens with zero attached hydrogens (tertiary/aromatic N) is 3. The van der Waals surface area contributed by atoms with Crippen LogP contribution >= 0.6 is 0 Å². The molecule has 5 heteroatoms. The largest absolute Gasteiger partial charge is 0.507 e. The summed E-state index contributed by atoms with van der Waals surface area (Å²) in [6.45, 7) is 10.0. The molecular formula is C66H68N3OPt-. The van der Waals surface area contributed by atoms with Gasteiger partial charge < -0.3 is 5.11 Å². The molecule has 0 radical (unpaired) electrons. The van der Waals surface area contributed by atoms with Gasteiger partial charge in [-0.1, -0.05) is 216 Å². The molecule has 2 aromatic heterocycles. The Hall–Kier alpha value is -6.35. The number of aromatic hydroxyl groups is 1. The fourth-order valence-corrected chi connectivity index (χ4v) is 9.36. The van der Waals surface area contributed by atoms with Crippen LogP contribution in [-0.2, 0) is 37.3 Å². The van der Waals surface area contributed by atoms with Crippen molar-refractivity contribution in [1.29, 1.82) is 0 Å². The number of pyridine rings is 1. The molecule has 0 aliphatic heterocycles. The van der Waals surface area contributed by atoms with Gasteiger partial charge in [0.2, 0.25) is 0 Å². The minimum atomic E-state index is -3.39. The summed E-state index contributed by atoms with van der Waals surface area (Å²) in [6, 6.07) is 51.2. The fourth-order valence-electron chi connectivity index (χ4n) is 9.36. The first-order chi connectivity index (χ1) is 37.5. The van der Waals surface area contributed by atoms with Gasteiger partial charge >= 0.3 is 0 Å². The van der Waals surface area contributed by atoms with E-state index in [1.165, 1.54) is 24.3 Å². The second kappa shape index (κ2) is 19.7. The third kappa shape index (κ3) is 10.2. The number of hydrogen-bond acceptors (Lipinski definition) is 3. The molecule has 9 aromatic rings. The second-order valence-electron chi connectivity index (χ2n) is 21.0. The van der Waals surface area contributed by atoms with Gasteiger partial charge in [-0.2, -0.15) is 0 Å². The molecule has 0 amide bonds. The van der Waals surface area contributed by atoms with E-state index >= 15 is 0 Å². The van der Waals surface area contributed by atoms with Crippen molar-refractivity contribution in [3.8, 4) is 78.6 Å². The molecule has 0 bridgehead atoms. The number of fused-ring (bicyclic) bond motifs is 1. The maximum atomic E-state index is 12.6. The van der Waals surface area contributed by atoms with Crippen LogP contribution in [0.2, 0.25) is 0 Å². The molecule has 0 unspecified atom stereocenters. The van der Waals surface area contributed by atoms with Gasteiger partial charge in [-0.15, -0.1) is 23.8 Å². The van der Waals surface area contributed by atoms with Gasteiger partial charge in [0, 0.05) is 59.3 Å². The normalized spacial score (nSPS) is 15.3. The van der Waals surface area contributed by atoms with Crippen LogP contribution < -0.4 is 0 Å². The quantitative estimate of drug-likeness (QED) is 0.147. The fraction of sp³-hybridized carbons (Fsp3) is 0.273. The van der Waals surface area contributed by atoms with Crippen LogP contribution in [0.15, 0.2) is 158 Å². The average molecular weight is 1130 g/mol. The standard InChI is InChI=1S/C66H68N3O.Pt/c1-41(2)53-21-17-22-54(42(3)4)60(53)45-27-31-52(32-28-45)69-59-24-18-23-55(61(59)68-63(69)56-39-51(65(8,9)10)40-57(62(56)70)66(11,12)13)48-35-47(43-19-15-14-16-20-43)36-49(37-48)58-38-46(33-34-67-58)44-25-29-50(30-26-44)64(5,6)7;/h14-36,38-42,70H,1-13H3;/q-1;/i5D3,6D3,7D3,41D,42D;. The van der Waals surface area contributed by atoms with Crippen molar-refractivity contribution >= 4 is 11.0 Å². The monoisotopic (exact) mass is 1120 g/mol. The van der Waals surface area contributed by atoms with E-state index in [-0.39, 0.29) is 37.8 Å². The van der Waals surface area contributed by atoms with Crippen molar-refractivity contribution in [3.05, 3.63) is 192 Å². The van der Waals surface area contributed by atoms with Crippen LogP contribution in [-0.4, -0.2) is 19.6 Å². The van der Waals surface area contributed by atoms with Crippen molar-refractivity contribution in [2.75, 3.05) is 0 Å². The maximum absolute atomic E-state index is 12.6. The van der Waals surface area contributed by atoms with Gasteiger partial charge in [0.05, 0.1) is 16.6 Å². The molecule has 0 saturated heterocycles. The summed E-state index contributed by atoms with van der Waals surface area (Å²) < 4.78 is 94.6. The van der Waals surface area contributed by atoms with Gasteiger partial charge in [-0.05, 0) is 108 Å². The minimum Gasteiger partial charge on any atom is -0.507 e. The molecule has 1 N–H and O–H groups in total. The van der Waals surface area contributed by atoms with E-state index in [1.54, 1.807) is 12.3 Å². The third-order valence-electron chi connectivity index (χ3n) is 13.2. The molecule has 0 aliphatic rings. The van der Waals surface area contributed by atoms with Crippen LogP contribution in [0.4, 0.5) is 0 Å². The van der Waals surface area contributed by atoms with Crippen LogP contribution in [0.5, 0.6) is 5.75 Å². The Morgan fingerprint density at radius 3 is 1.80 bits per heavy atom. The zero-order valence-electron chi connectivity index (χ0n) is 53.1. The van der Waals surface area contributed by atoms with E-state index < -0.39 is 43.2 Å². The molecule has 4 nitrogen and oxygen atoms in total. The van der Waals surface area contributed by atoms with Crippen LogP contribution in [0.25, 0.3) is 83.9 Å². The number of rotatable bonds is 9. The van der Waals surface area contributed by atoms with Crippen LogP contribution in [0.3, 0.4) is 0 Å². The number of para-hydroxylation sites is 1. The first-order valence-corrected chi connectivity index (χ1v) is 23.9. The predicted octanol–water partition coefficient (Wildman–Crippen LogP) is 18.1. The predicted molar refractivity (Wildman–Crippen MR) is 296 cm³/mol.